The molecule has 0 aliphatic rings. The standard InChI is InChI=1S/C12H17N3O2/c1-8(11(16)14-2)15-12(17)10-5-3-9(7-13)4-6-10/h3-6,8H,7,13H2,1-2H3,(H,14,16)(H,15,17). The van der Waals surface area contributed by atoms with Crippen LogP contribution in [0, 0.1) is 0 Å². The van der Waals surface area contributed by atoms with Gasteiger partial charge in [0.1, 0.15) is 6.04 Å². The van der Waals surface area contributed by atoms with E-state index in [1.165, 1.54) is 7.05 Å². The molecule has 1 unspecified atom stereocenters. The molecule has 0 aliphatic heterocycles. The summed E-state index contributed by atoms with van der Waals surface area (Å²) in [5, 5.41) is 5.07. The third-order valence-electron chi connectivity index (χ3n) is 2.44. The molecule has 0 spiro atoms. The number of nitrogens with two attached hydrogens (primary N) is 1. The Labute approximate surface area is 100 Å². The summed E-state index contributed by atoms with van der Waals surface area (Å²) in [6, 6.07) is 6.41. The van der Waals surface area contributed by atoms with Crippen LogP contribution in [0.1, 0.15) is 22.8 Å². The van der Waals surface area contributed by atoms with Gasteiger partial charge in [0, 0.05) is 19.2 Å². The van der Waals surface area contributed by atoms with Gasteiger partial charge in [-0.15, -0.1) is 0 Å². The van der Waals surface area contributed by atoms with Gasteiger partial charge in [-0.2, -0.15) is 0 Å². The van der Waals surface area contributed by atoms with E-state index in [0.717, 1.165) is 5.56 Å². The van der Waals surface area contributed by atoms with Crippen LogP contribution in [0.4, 0.5) is 0 Å². The lowest BCUT2D eigenvalue weighted by Crippen LogP contribution is -2.43. The first-order valence-corrected chi connectivity index (χ1v) is 5.40. The van der Waals surface area contributed by atoms with E-state index in [-0.39, 0.29) is 11.8 Å². The molecule has 0 heterocycles. The Hall–Kier alpha value is -1.88. The zero-order chi connectivity index (χ0) is 12.8. The van der Waals surface area contributed by atoms with Crippen LogP contribution in [0.3, 0.4) is 0 Å². The van der Waals surface area contributed by atoms with Crippen molar-refractivity contribution in [3.8, 4) is 0 Å². The Morgan fingerprint density at radius 3 is 2.35 bits per heavy atom. The van der Waals surface area contributed by atoms with Gasteiger partial charge >= 0.3 is 0 Å². The molecule has 0 fully saturated rings. The zero-order valence-corrected chi connectivity index (χ0v) is 9.99. The van der Waals surface area contributed by atoms with Crippen molar-refractivity contribution in [1.29, 1.82) is 0 Å². The summed E-state index contributed by atoms with van der Waals surface area (Å²) in [4.78, 5) is 23.0. The van der Waals surface area contributed by atoms with Crippen LogP contribution in [0.15, 0.2) is 24.3 Å². The van der Waals surface area contributed by atoms with E-state index < -0.39 is 6.04 Å². The van der Waals surface area contributed by atoms with Gasteiger partial charge in [0.25, 0.3) is 5.91 Å². The third kappa shape index (κ3) is 3.57. The Morgan fingerprint density at radius 2 is 1.88 bits per heavy atom. The van der Waals surface area contributed by atoms with E-state index >= 15 is 0 Å². The van der Waals surface area contributed by atoms with Gasteiger partial charge in [0.15, 0.2) is 0 Å². The normalized spacial score (nSPS) is 11.7. The SMILES string of the molecule is CNC(=O)C(C)NC(=O)c1ccc(CN)cc1. The smallest absolute Gasteiger partial charge is 0.251 e. The van der Waals surface area contributed by atoms with E-state index in [0.29, 0.717) is 12.1 Å². The Bertz CT molecular complexity index is 401. The number of rotatable bonds is 4. The first-order valence-electron chi connectivity index (χ1n) is 5.40. The summed E-state index contributed by atoms with van der Waals surface area (Å²) in [6.07, 6.45) is 0. The molecule has 2 amide bonds. The minimum absolute atomic E-state index is 0.225. The van der Waals surface area contributed by atoms with Crippen molar-refractivity contribution in [2.45, 2.75) is 19.5 Å². The second-order valence-electron chi connectivity index (χ2n) is 3.71. The van der Waals surface area contributed by atoms with Crippen molar-refractivity contribution in [2.75, 3.05) is 7.05 Å². The van der Waals surface area contributed by atoms with Crippen molar-refractivity contribution in [2.24, 2.45) is 5.73 Å². The third-order valence-corrected chi connectivity index (χ3v) is 2.44. The van der Waals surface area contributed by atoms with Crippen LogP contribution in [0.2, 0.25) is 0 Å². The van der Waals surface area contributed by atoms with Crippen molar-refractivity contribution >= 4 is 11.8 Å². The maximum Gasteiger partial charge on any atom is 0.251 e. The van der Waals surface area contributed by atoms with Gasteiger partial charge in [-0.3, -0.25) is 9.59 Å². The van der Waals surface area contributed by atoms with E-state index in [2.05, 4.69) is 10.6 Å². The number of carbonyl (C=O) groups is 2. The second-order valence-corrected chi connectivity index (χ2v) is 3.71. The molecule has 0 saturated heterocycles. The lowest BCUT2D eigenvalue weighted by molar-refractivity contribution is -0.122. The lowest BCUT2D eigenvalue weighted by atomic mass is 10.1. The van der Waals surface area contributed by atoms with Crippen LogP contribution in [0.25, 0.3) is 0 Å². The highest BCUT2D eigenvalue weighted by atomic mass is 16.2. The van der Waals surface area contributed by atoms with Crippen LogP contribution in [-0.2, 0) is 11.3 Å². The Morgan fingerprint density at radius 1 is 1.29 bits per heavy atom. The van der Waals surface area contributed by atoms with E-state index in [1.54, 1.807) is 31.2 Å². The van der Waals surface area contributed by atoms with Gasteiger partial charge < -0.3 is 16.4 Å². The van der Waals surface area contributed by atoms with Crippen molar-refractivity contribution in [1.82, 2.24) is 10.6 Å². The topological polar surface area (TPSA) is 84.2 Å². The number of carbonyl (C=O) groups excluding carboxylic acids is 2. The van der Waals surface area contributed by atoms with Crippen LogP contribution in [-0.4, -0.2) is 24.9 Å². The summed E-state index contributed by atoms with van der Waals surface area (Å²) in [6.45, 7) is 2.07. The van der Waals surface area contributed by atoms with Crippen LogP contribution < -0.4 is 16.4 Å². The zero-order valence-electron chi connectivity index (χ0n) is 9.99. The molecule has 5 heteroatoms. The van der Waals surface area contributed by atoms with Crippen molar-refractivity contribution < 1.29 is 9.59 Å². The minimum atomic E-state index is -0.554. The first kappa shape index (κ1) is 13.2. The second kappa shape index (κ2) is 6.00. The molecule has 4 N–H and O–H groups in total. The predicted octanol–water partition coefficient (Wildman–Crippen LogP) is 0.00960. The van der Waals surface area contributed by atoms with Gasteiger partial charge in [-0.05, 0) is 24.6 Å². The highest BCUT2D eigenvalue weighted by Crippen LogP contribution is 2.04. The summed E-state index contributed by atoms with van der Waals surface area (Å²) >= 11 is 0. The molecule has 0 aliphatic carbocycles. The molecular formula is C12H17N3O2. The fourth-order valence-electron chi connectivity index (χ4n) is 1.35. The average Bonchev–Trinajstić information content (AvgIpc) is 2.37. The molecule has 5 nitrogen and oxygen atoms in total. The average molecular weight is 235 g/mol. The number of likely N-dealkylation sites (N-methyl/N-ethyl adjacent to an activating group) is 1. The fourth-order valence-corrected chi connectivity index (χ4v) is 1.35. The molecule has 0 radical (unpaired) electrons. The highest BCUT2D eigenvalue weighted by molar-refractivity contribution is 5.97. The van der Waals surface area contributed by atoms with E-state index in [9.17, 15) is 9.59 Å². The summed E-state index contributed by atoms with van der Waals surface area (Å²) in [7, 11) is 1.53. The molecule has 17 heavy (non-hydrogen) atoms. The van der Waals surface area contributed by atoms with E-state index in [1.807, 2.05) is 0 Å². The number of amides is 2. The van der Waals surface area contributed by atoms with Crippen LogP contribution in [0.5, 0.6) is 0 Å². The molecule has 1 aromatic carbocycles. The number of nitrogens with one attached hydrogen (secondary N) is 2. The van der Waals surface area contributed by atoms with Crippen molar-refractivity contribution in [3.05, 3.63) is 35.4 Å². The Kier molecular flexibility index (Phi) is 4.66. The summed E-state index contributed by atoms with van der Waals surface area (Å²) in [5.41, 5.74) is 6.93. The van der Waals surface area contributed by atoms with Crippen molar-refractivity contribution in [3.63, 3.8) is 0 Å². The monoisotopic (exact) mass is 235 g/mol. The summed E-state index contributed by atoms with van der Waals surface area (Å²) in [5.74, 6) is -0.499. The maximum atomic E-state index is 11.8. The fraction of sp³-hybridized carbons (Fsp3) is 0.333. The number of benzene rings is 1. The Balaban J connectivity index is 2.66. The van der Waals surface area contributed by atoms with E-state index in [4.69, 9.17) is 5.73 Å². The largest absolute Gasteiger partial charge is 0.357 e. The maximum absolute atomic E-state index is 11.8. The van der Waals surface area contributed by atoms with Gasteiger partial charge in [0.2, 0.25) is 5.91 Å². The van der Waals surface area contributed by atoms with Gasteiger partial charge in [0.05, 0.1) is 0 Å². The first-order chi connectivity index (χ1) is 8.08. The minimum Gasteiger partial charge on any atom is -0.357 e. The lowest BCUT2D eigenvalue weighted by Gasteiger charge is -2.12. The van der Waals surface area contributed by atoms with Gasteiger partial charge in [-0.25, -0.2) is 0 Å². The number of hydrogen-bond acceptors (Lipinski definition) is 3. The molecule has 1 aromatic rings. The summed E-state index contributed by atoms with van der Waals surface area (Å²) < 4.78 is 0. The predicted molar refractivity (Wildman–Crippen MR) is 65.3 cm³/mol. The number of hydrogen-bond donors (Lipinski definition) is 3. The van der Waals surface area contributed by atoms with Crippen LogP contribution >= 0.6 is 0 Å². The van der Waals surface area contributed by atoms with Gasteiger partial charge in [-0.1, -0.05) is 12.1 Å². The molecule has 1 rings (SSSR count). The molecule has 92 valence electrons. The highest BCUT2D eigenvalue weighted by Gasteiger charge is 2.14. The molecule has 0 saturated carbocycles. The molecule has 0 aromatic heterocycles. The quantitative estimate of drug-likeness (QED) is 0.687. The molecular weight excluding hydrogens is 218 g/mol. The molecule has 1 atom stereocenters. The molecule has 0 bridgehead atoms.